The standard InChI is InChI=1S/C25H36N6OS/c32-24-21(25-28-19-5-1-2-6-20(19)33-25)23(27-18-4-3-11-26-14-18)29-22(30-24)17-9-12-31(13-10-17)15-16-7-8-16/h1-2,5-6,16-18,21-23,26-27,29H,3-4,7-15H2,(H,30,32)/t18-,21?,22?,23?/m1/s1. The van der Waals surface area contributed by atoms with Crippen LogP contribution in [0.2, 0.25) is 0 Å². The van der Waals surface area contributed by atoms with Gasteiger partial charge in [0.25, 0.3) is 0 Å². The summed E-state index contributed by atoms with van der Waals surface area (Å²) >= 11 is 1.65. The Labute approximate surface area is 200 Å². The van der Waals surface area contributed by atoms with Gasteiger partial charge in [0.1, 0.15) is 10.9 Å². The molecule has 1 aromatic carbocycles. The van der Waals surface area contributed by atoms with Crippen LogP contribution in [0.25, 0.3) is 10.2 Å². The van der Waals surface area contributed by atoms with Gasteiger partial charge in [-0.15, -0.1) is 11.3 Å². The first-order valence-corrected chi connectivity index (χ1v) is 13.7. The molecule has 4 atom stereocenters. The maximum absolute atomic E-state index is 13.5. The Bertz CT molecular complexity index is 930. The monoisotopic (exact) mass is 468 g/mol. The maximum atomic E-state index is 13.5. The number of amides is 1. The first-order valence-electron chi connectivity index (χ1n) is 12.8. The third-order valence-electron chi connectivity index (χ3n) is 7.88. The third-order valence-corrected chi connectivity index (χ3v) is 9.00. The number of piperidine rings is 2. The topological polar surface area (TPSA) is 81.3 Å². The minimum Gasteiger partial charge on any atom is -0.340 e. The van der Waals surface area contributed by atoms with Crippen molar-refractivity contribution in [3.63, 3.8) is 0 Å². The van der Waals surface area contributed by atoms with Crippen LogP contribution < -0.4 is 21.3 Å². The Balaban J connectivity index is 1.19. The molecule has 8 heteroatoms. The van der Waals surface area contributed by atoms with Crippen LogP contribution in [0.5, 0.6) is 0 Å². The Hall–Kier alpha value is -1.58. The van der Waals surface area contributed by atoms with E-state index in [1.807, 2.05) is 18.2 Å². The molecule has 0 spiro atoms. The highest BCUT2D eigenvalue weighted by molar-refractivity contribution is 7.18. The third kappa shape index (κ3) is 4.95. The molecule has 7 nitrogen and oxygen atoms in total. The fourth-order valence-electron chi connectivity index (χ4n) is 5.78. The minimum absolute atomic E-state index is 0.0280. The summed E-state index contributed by atoms with van der Waals surface area (Å²) in [6.07, 6.45) is 7.36. The molecular formula is C25H36N6OS. The number of carbonyl (C=O) groups excluding carboxylic acids is 1. The number of likely N-dealkylation sites (tertiary alicyclic amines) is 1. The molecule has 0 bridgehead atoms. The normalized spacial score (nSPS) is 32.2. The van der Waals surface area contributed by atoms with Crippen molar-refractivity contribution in [1.29, 1.82) is 0 Å². The van der Waals surface area contributed by atoms with Crippen LogP contribution in [0.15, 0.2) is 24.3 Å². The van der Waals surface area contributed by atoms with Gasteiger partial charge in [0.2, 0.25) is 5.91 Å². The number of thiazole rings is 1. The zero-order chi connectivity index (χ0) is 22.2. The predicted octanol–water partition coefficient (Wildman–Crippen LogP) is 2.22. The van der Waals surface area contributed by atoms with E-state index < -0.39 is 0 Å². The Morgan fingerprint density at radius 2 is 1.97 bits per heavy atom. The lowest BCUT2D eigenvalue weighted by molar-refractivity contribution is -0.128. The molecule has 1 amide bonds. The van der Waals surface area contributed by atoms with E-state index >= 15 is 0 Å². The van der Waals surface area contributed by atoms with Crippen LogP contribution in [0.3, 0.4) is 0 Å². The highest BCUT2D eigenvalue weighted by atomic mass is 32.1. The molecule has 1 aromatic heterocycles. The minimum atomic E-state index is -0.310. The van der Waals surface area contributed by atoms with Crippen LogP contribution in [0.1, 0.15) is 49.5 Å². The molecule has 178 valence electrons. The lowest BCUT2D eigenvalue weighted by atomic mass is 9.90. The van der Waals surface area contributed by atoms with E-state index in [1.54, 1.807) is 11.3 Å². The number of rotatable bonds is 6. The van der Waals surface area contributed by atoms with E-state index in [2.05, 4.69) is 32.2 Å². The summed E-state index contributed by atoms with van der Waals surface area (Å²) in [4.78, 5) is 21.0. The van der Waals surface area contributed by atoms with Crippen molar-refractivity contribution >= 4 is 27.5 Å². The number of carbonyl (C=O) groups is 1. The molecule has 4 aliphatic rings. The second kappa shape index (κ2) is 9.58. The van der Waals surface area contributed by atoms with Crippen molar-refractivity contribution < 1.29 is 4.79 Å². The summed E-state index contributed by atoms with van der Waals surface area (Å²) in [6, 6.07) is 8.56. The van der Waals surface area contributed by atoms with Crippen molar-refractivity contribution in [2.24, 2.45) is 11.8 Å². The maximum Gasteiger partial charge on any atom is 0.234 e. The first kappa shape index (κ1) is 21.9. The summed E-state index contributed by atoms with van der Waals surface area (Å²) < 4.78 is 1.14. The lowest BCUT2D eigenvalue weighted by Crippen LogP contribution is -2.69. The molecule has 1 aliphatic carbocycles. The highest BCUT2D eigenvalue weighted by Gasteiger charge is 2.43. The molecule has 3 aliphatic heterocycles. The molecule has 3 unspecified atom stereocenters. The van der Waals surface area contributed by atoms with E-state index in [4.69, 9.17) is 4.98 Å². The van der Waals surface area contributed by atoms with Gasteiger partial charge in [-0.3, -0.25) is 15.4 Å². The molecule has 4 N–H and O–H groups in total. The summed E-state index contributed by atoms with van der Waals surface area (Å²) in [7, 11) is 0. The Kier molecular flexibility index (Phi) is 6.36. The van der Waals surface area contributed by atoms with Gasteiger partial charge in [0.05, 0.1) is 22.5 Å². The number of nitrogens with one attached hydrogen (secondary N) is 4. The van der Waals surface area contributed by atoms with Crippen molar-refractivity contribution in [1.82, 2.24) is 31.2 Å². The van der Waals surface area contributed by atoms with Crippen molar-refractivity contribution in [3.05, 3.63) is 29.3 Å². The zero-order valence-corrected chi connectivity index (χ0v) is 20.1. The van der Waals surface area contributed by atoms with E-state index in [0.29, 0.717) is 12.0 Å². The number of hydrogen-bond donors (Lipinski definition) is 4. The second-order valence-electron chi connectivity index (χ2n) is 10.4. The van der Waals surface area contributed by atoms with E-state index in [-0.39, 0.29) is 24.2 Å². The van der Waals surface area contributed by atoms with Gasteiger partial charge in [0.15, 0.2) is 0 Å². The SMILES string of the molecule is O=C1NC(C2CCN(CC3CC3)CC2)NC(N[C@@H]2CCCNC2)C1c1nc2ccccc2s1. The van der Waals surface area contributed by atoms with Crippen LogP contribution in [0.4, 0.5) is 0 Å². The number of benzene rings is 1. The summed E-state index contributed by atoms with van der Waals surface area (Å²) in [5.41, 5.74) is 0.980. The summed E-state index contributed by atoms with van der Waals surface area (Å²) in [6.45, 7) is 5.62. The van der Waals surface area contributed by atoms with Gasteiger partial charge in [-0.05, 0) is 82.1 Å². The lowest BCUT2D eigenvalue weighted by Gasteiger charge is -2.44. The Morgan fingerprint density at radius 1 is 1.12 bits per heavy atom. The quantitative estimate of drug-likeness (QED) is 0.521. The van der Waals surface area contributed by atoms with Gasteiger partial charge in [-0.1, -0.05) is 12.1 Å². The molecule has 6 rings (SSSR count). The van der Waals surface area contributed by atoms with Gasteiger partial charge in [0, 0.05) is 19.1 Å². The summed E-state index contributed by atoms with van der Waals surface area (Å²) in [5.74, 6) is 1.23. The van der Waals surface area contributed by atoms with Crippen molar-refractivity contribution in [2.45, 2.75) is 62.8 Å². The number of hydrogen-bond acceptors (Lipinski definition) is 7. The average Bonchev–Trinajstić information content (AvgIpc) is 3.55. The smallest absolute Gasteiger partial charge is 0.234 e. The molecule has 0 radical (unpaired) electrons. The fourth-order valence-corrected chi connectivity index (χ4v) is 6.89. The van der Waals surface area contributed by atoms with Gasteiger partial charge in [-0.25, -0.2) is 4.98 Å². The number of para-hydroxylation sites is 1. The van der Waals surface area contributed by atoms with Gasteiger partial charge < -0.3 is 15.5 Å². The van der Waals surface area contributed by atoms with Crippen LogP contribution >= 0.6 is 11.3 Å². The van der Waals surface area contributed by atoms with Crippen LogP contribution in [-0.2, 0) is 4.79 Å². The van der Waals surface area contributed by atoms with E-state index in [1.165, 1.54) is 25.8 Å². The highest BCUT2D eigenvalue weighted by Crippen LogP contribution is 2.34. The number of aromatic nitrogens is 1. The molecule has 1 saturated carbocycles. The molecule has 4 fully saturated rings. The van der Waals surface area contributed by atoms with Gasteiger partial charge >= 0.3 is 0 Å². The molecular weight excluding hydrogens is 432 g/mol. The molecule has 2 aromatic rings. The van der Waals surface area contributed by atoms with E-state index in [0.717, 1.165) is 66.6 Å². The fraction of sp³-hybridized carbons (Fsp3) is 0.680. The molecule has 4 heterocycles. The van der Waals surface area contributed by atoms with Gasteiger partial charge in [-0.2, -0.15) is 0 Å². The average molecular weight is 469 g/mol. The van der Waals surface area contributed by atoms with E-state index in [9.17, 15) is 4.79 Å². The largest absolute Gasteiger partial charge is 0.340 e. The molecule has 3 saturated heterocycles. The zero-order valence-electron chi connectivity index (χ0n) is 19.3. The number of fused-ring (bicyclic) bond motifs is 1. The van der Waals surface area contributed by atoms with Crippen LogP contribution in [0, 0.1) is 11.8 Å². The van der Waals surface area contributed by atoms with Crippen LogP contribution in [-0.4, -0.2) is 66.9 Å². The van der Waals surface area contributed by atoms with Crippen molar-refractivity contribution in [2.75, 3.05) is 32.7 Å². The van der Waals surface area contributed by atoms with Crippen molar-refractivity contribution in [3.8, 4) is 0 Å². The second-order valence-corrected chi connectivity index (χ2v) is 11.5. The predicted molar refractivity (Wildman–Crippen MR) is 132 cm³/mol. The Morgan fingerprint density at radius 3 is 2.73 bits per heavy atom. The molecule has 33 heavy (non-hydrogen) atoms. The summed E-state index contributed by atoms with van der Waals surface area (Å²) in [5, 5.41) is 15.4. The number of nitrogens with zero attached hydrogens (tertiary/aromatic N) is 2. The first-order chi connectivity index (χ1) is 16.2.